The lowest BCUT2D eigenvalue weighted by molar-refractivity contribution is 0.0931. The van der Waals surface area contributed by atoms with Gasteiger partial charge in [-0.25, -0.2) is 0 Å². The van der Waals surface area contributed by atoms with Gasteiger partial charge in [-0.3, -0.25) is 0 Å². The molecule has 0 unspecified atom stereocenters. The third kappa shape index (κ3) is 2.88. The zero-order valence-corrected chi connectivity index (χ0v) is 12.4. The molecular weight excluding hydrogens is 224 g/mol. The van der Waals surface area contributed by atoms with Gasteiger partial charge in [0.1, 0.15) is 0 Å². The largest absolute Gasteiger partial charge is 0.392 e. The van der Waals surface area contributed by atoms with Crippen molar-refractivity contribution in [1.82, 2.24) is 0 Å². The second-order valence-corrected chi connectivity index (χ2v) is 11.2. The van der Waals surface area contributed by atoms with Gasteiger partial charge in [-0.05, 0) is 12.0 Å². The summed E-state index contributed by atoms with van der Waals surface area (Å²) in [7, 11) is -1.69. The van der Waals surface area contributed by atoms with E-state index in [1.54, 1.807) is 0 Å². The highest BCUT2D eigenvalue weighted by Crippen LogP contribution is 2.38. The average Bonchev–Trinajstić information content (AvgIpc) is 2.28. The Hall–Kier alpha value is -0.863. The topological polar surface area (TPSA) is 20.2 Å². The second kappa shape index (κ2) is 5.19. The van der Waals surface area contributed by atoms with Crippen LogP contribution in [0.2, 0.25) is 19.6 Å². The van der Waals surface area contributed by atoms with Crippen LogP contribution in [0, 0.1) is 0 Å². The highest BCUT2D eigenvalue weighted by molar-refractivity contribution is 6.79. The van der Waals surface area contributed by atoms with Crippen molar-refractivity contribution < 1.29 is 5.11 Å². The van der Waals surface area contributed by atoms with Crippen LogP contribution in [-0.2, 0) is 0 Å². The Bertz CT molecular complexity index is 366. The SMILES string of the molecule is C=CC[C@@](O)([C@@H](C)c1ccccc1)[Si](C)(C)C. The Morgan fingerprint density at radius 1 is 1.29 bits per heavy atom. The molecule has 2 atom stereocenters. The normalized spacial score (nSPS) is 17.2. The first kappa shape index (κ1) is 14.2. The molecule has 0 aliphatic carbocycles. The smallest absolute Gasteiger partial charge is 0.0832 e. The van der Waals surface area contributed by atoms with Crippen molar-refractivity contribution in [3.8, 4) is 0 Å². The molecule has 0 saturated carbocycles. The van der Waals surface area contributed by atoms with Crippen molar-refractivity contribution in [2.75, 3.05) is 0 Å². The van der Waals surface area contributed by atoms with Crippen LogP contribution in [0.3, 0.4) is 0 Å². The Balaban J connectivity index is 3.12. The lowest BCUT2D eigenvalue weighted by Crippen LogP contribution is -2.55. The van der Waals surface area contributed by atoms with Gasteiger partial charge in [0.05, 0.1) is 13.3 Å². The molecule has 0 spiro atoms. The standard InChI is InChI=1S/C15H24OSi/c1-6-12-15(16,17(3,4)5)13(2)14-10-8-7-9-11-14/h6-11,13,16H,1,12H2,2-5H3/t13-,15-/m0/s1. The van der Waals surface area contributed by atoms with Crippen molar-refractivity contribution in [3.63, 3.8) is 0 Å². The molecule has 0 radical (unpaired) electrons. The van der Waals surface area contributed by atoms with Gasteiger partial charge in [0, 0.05) is 5.92 Å². The molecule has 0 amide bonds. The van der Waals surface area contributed by atoms with E-state index in [1.165, 1.54) is 5.56 Å². The van der Waals surface area contributed by atoms with E-state index < -0.39 is 13.3 Å². The molecule has 0 bridgehead atoms. The second-order valence-electron chi connectivity index (χ2n) is 5.80. The van der Waals surface area contributed by atoms with Crippen LogP contribution < -0.4 is 0 Å². The van der Waals surface area contributed by atoms with E-state index in [0.29, 0.717) is 6.42 Å². The molecule has 1 aromatic rings. The third-order valence-electron chi connectivity index (χ3n) is 3.77. The summed E-state index contributed by atoms with van der Waals surface area (Å²) in [6.07, 6.45) is 2.51. The molecule has 94 valence electrons. The van der Waals surface area contributed by atoms with Gasteiger partial charge in [-0.1, -0.05) is 63.0 Å². The fourth-order valence-electron chi connectivity index (χ4n) is 2.37. The summed E-state index contributed by atoms with van der Waals surface area (Å²) in [5.74, 6) is 0.147. The van der Waals surface area contributed by atoms with Gasteiger partial charge in [-0.15, -0.1) is 6.58 Å². The molecule has 1 N–H and O–H groups in total. The number of rotatable bonds is 5. The summed E-state index contributed by atoms with van der Waals surface area (Å²) in [6.45, 7) is 12.6. The van der Waals surface area contributed by atoms with E-state index in [2.05, 4.69) is 45.3 Å². The molecule has 0 fully saturated rings. The van der Waals surface area contributed by atoms with Crippen LogP contribution in [-0.4, -0.2) is 18.4 Å². The highest BCUT2D eigenvalue weighted by atomic mass is 28.3. The number of benzene rings is 1. The molecule has 1 rings (SSSR count). The first-order valence-electron chi connectivity index (χ1n) is 6.21. The van der Waals surface area contributed by atoms with Gasteiger partial charge in [0.25, 0.3) is 0 Å². The Labute approximate surface area is 106 Å². The van der Waals surface area contributed by atoms with Crippen LogP contribution in [0.4, 0.5) is 0 Å². The third-order valence-corrected chi connectivity index (χ3v) is 7.00. The van der Waals surface area contributed by atoms with Crippen LogP contribution in [0.15, 0.2) is 43.0 Å². The minimum absolute atomic E-state index is 0.147. The van der Waals surface area contributed by atoms with Gasteiger partial charge < -0.3 is 5.11 Å². The fraction of sp³-hybridized carbons (Fsp3) is 0.467. The van der Waals surface area contributed by atoms with Crippen molar-refractivity contribution in [1.29, 1.82) is 0 Å². The number of aliphatic hydroxyl groups is 1. The van der Waals surface area contributed by atoms with E-state index in [0.717, 1.165) is 0 Å². The molecule has 1 aromatic carbocycles. The lowest BCUT2D eigenvalue weighted by Gasteiger charge is -2.43. The number of hydrogen-bond acceptors (Lipinski definition) is 1. The molecule has 0 aromatic heterocycles. The monoisotopic (exact) mass is 248 g/mol. The molecular formula is C15H24OSi. The predicted molar refractivity (Wildman–Crippen MR) is 78.0 cm³/mol. The van der Waals surface area contributed by atoms with Gasteiger partial charge in [0.2, 0.25) is 0 Å². The summed E-state index contributed by atoms with van der Waals surface area (Å²) in [5.41, 5.74) is 1.21. The zero-order valence-electron chi connectivity index (χ0n) is 11.4. The average molecular weight is 248 g/mol. The van der Waals surface area contributed by atoms with Crippen LogP contribution in [0.5, 0.6) is 0 Å². The minimum Gasteiger partial charge on any atom is -0.392 e. The summed E-state index contributed by atoms with van der Waals surface area (Å²) in [6, 6.07) is 10.3. The van der Waals surface area contributed by atoms with Crippen molar-refractivity contribution in [2.24, 2.45) is 0 Å². The maximum atomic E-state index is 11.1. The van der Waals surface area contributed by atoms with Gasteiger partial charge in [0.15, 0.2) is 0 Å². The number of hydrogen-bond donors (Lipinski definition) is 1. The Morgan fingerprint density at radius 2 is 1.82 bits per heavy atom. The zero-order chi connectivity index (χ0) is 13.1. The predicted octanol–water partition coefficient (Wildman–Crippen LogP) is 3.97. The van der Waals surface area contributed by atoms with E-state index >= 15 is 0 Å². The Kier molecular flexibility index (Phi) is 4.34. The lowest BCUT2D eigenvalue weighted by atomic mass is 9.92. The van der Waals surface area contributed by atoms with Gasteiger partial charge in [-0.2, -0.15) is 0 Å². The van der Waals surface area contributed by atoms with Gasteiger partial charge >= 0.3 is 0 Å². The van der Waals surface area contributed by atoms with E-state index in [1.807, 2.05) is 24.3 Å². The van der Waals surface area contributed by atoms with Crippen molar-refractivity contribution in [2.45, 2.75) is 44.1 Å². The summed E-state index contributed by atoms with van der Waals surface area (Å²) >= 11 is 0. The van der Waals surface area contributed by atoms with Crippen LogP contribution in [0.1, 0.15) is 24.8 Å². The maximum absolute atomic E-state index is 11.1. The summed E-state index contributed by atoms with van der Waals surface area (Å²) in [5, 5.41) is 10.4. The van der Waals surface area contributed by atoms with E-state index in [-0.39, 0.29) is 5.92 Å². The van der Waals surface area contributed by atoms with Crippen molar-refractivity contribution in [3.05, 3.63) is 48.6 Å². The minimum atomic E-state index is -1.69. The Morgan fingerprint density at radius 3 is 2.24 bits per heavy atom. The summed E-state index contributed by atoms with van der Waals surface area (Å²) in [4.78, 5) is 0. The molecule has 2 heteroatoms. The first-order valence-corrected chi connectivity index (χ1v) is 9.71. The molecule has 17 heavy (non-hydrogen) atoms. The summed E-state index contributed by atoms with van der Waals surface area (Å²) < 4.78 is 0. The van der Waals surface area contributed by atoms with Crippen LogP contribution in [0.25, 0.3) is 0 Å². The molecule has 0 aliphatic rings. The van der Waals surface area contributed by atoms with Crippen LogP contribution >= 0.6 is 0 Å². The van der Waals surface area contributed by atoms with E-state index in [4.69, 9.17) is 0 Å². The maximum Gasteiger partial charge on any atom is 0.0832 e. The molecule has 0 heterocycles. The molecule has 1 nitrogen and oxygen atoms in total. The first-order chi connectivity index (χ1) is 7.83. The quantitative estimate of drug-likeness (QED) is 0.617. The fourth-order valence-corrected chi connectivity index (χ4v) is 4.59. The molecule has 0 saturated heterocycles. The van der Waals surface area contributed by atoms with Crippen molar-refractivity contribution >= 4 is 8.07 Å². The van der Waals surface area contributed by atoms with E-state index in [9.17, 15) is 5.11 Å². The highest BCUT2D eigenvalue weighted by Gasteiger charge is 2.45. The molecule has 0 aliphatic heterocycles.